The van der Waals surface area contributed by atoms with E-state index in [0.29, 0.717) is 0 Å². The van der Waals surface area contributed by atoms with Gasteiger partial charge in [-0.3, -0.25) is 0 Å². The first-order valence-corrected chi connectivity index (χ1v) is 18.6. The van der Waals surface area contributed by atoms with E-state index >= 15 is 0 Å². The van der Waals surface area contributed by atoms with Crippen LogP contribution in [0.1, 0.15) is 232 Å². The second-order valence-electron chi connectivity index (χ2n) is 13.0. The molecule has 0 amide bonds. The number of hydrogen-bond acceptors (Lipinski definition) is 0. The molecule has 1 unspecified atom stereocenters. The average Bonchev–Trinajstić information content (AvgIpc) is 2.92. The summed E-state index contributed by atoms with van der Waals surface area (Å²) in [5.41, 5.74) is 0. The van der Waals surface area contributed by atoms with Gasteiger partial charge in [0.2, 0.25) is 0 Å². The van der Waals surface area contributed by atoms with Crippen molar-refractivity contribution in [2.45, 2.75) is 232 Å². The molecule has 0 aromatic rings. The van der Waals surface area contributed by atoms with Crippen LogP contribution in [-0.4, -0.2) is 0 Å². The van der Waals surface area contributed by atoms with E-state index in [-0.39, 0.29) is 0 Å². The predicted octanol–water partition coefficient (Wildman–Crippen LogP) is 14.7. The van der Waals surface area contributed by atoms with Crippen LogP contribution >= 0.6 is 0 Å². The highest BCUT2D eigenvalue weighted by atomic mass is 14.1. The summed E-state index contributed by atoms with van der Waals surface area (Å²) < 4.78 is 0. The fraction of sp³-hybridized carbons (Fsp3) is 0.974. The summed E-state index contributed by atoms with van der Waals surface area (Å²) in [6.07, 6.45) is 49.6. The molecule has 0 nitrogen and oxygen atoms in total. The second-order valence-corrected chi connectivity index (χ2v) is 13.0. The van der Waals surface area contributed by atoms with Crippen molar-refractivity contribution in [3.8, 4) is 0 Å². The number of unbranched alkanes of at least 4 members (excludes halogenated alkanes) is 28. The molecule has 0 aliphatic heterocycles. The van der Waals surface area contributed by atoms with Crippen LogP contribution in [0, 0.1) is 12.8 Å². The first kappa shape index (κ1) is 38.0. The highest BCUT2D eigenvalue weighted by Crippen LogP contribution is 2.23. The van der Waals surface area contributed by atoms with Crippen molar-refractivity contribution in [2.24, 2.45) is 5.92 Å². The number of hydrogen-bond donors (Lipinski definition) is 0. The predicted molar refractivity (Wildman–Crippen MR) is 177 cm³/mol. The summed E-state index contributed by atoms with van der Waals surface area (Å²) in [7, 11) is 0. The van der Waals surface area contributed by atoms with Gasteiger partial charge in [0, 0.05) is 0 Å². The van der Waals surface area contributed by atoms with E-state index < -0.39 is 0 Å². The van der Waals surface area contributed by atoms with E-state index in [4.69, 9.17) is 0 Å². The molecule has 229 valence electrons. The average molecular weight is 534 g/mol. The topological polar surface area (TPSA) is 0 Å². The van der Waals surface area contributed by atoms with Gasteiger partial charge in [0.25, 0.3) is 0 Å². The van der Waals surface area contributed by atoms with Crippen molar-refractivity contribution >= 4 is 0 Å². The van der Waals surface area contributed by atoms with E-state index in [1.54, 1.807) is 0 Å². The van der Waals surface area contributed by atoms with Gasteiger partial charge in [0.1, 0.15) is 0 Å². The molecule has 1 radical (unpaired) electrons. The van der Waals surface area contributed by atoms with Crippen LogP contribution in [0.4, 0.5) is 0 Å². The van der Waals surface area contributed by atoms with Crippen LogP contribution in [0.2, 0.25) is 0 Å². The first-order chi connectivity index (χ1) is 18.8. The zero-order valence-corrected chi connectivity index (χ0v) is 27.3. The maximum Gasteiger partial charge on any atom is -0.0414 e. The van der Waals surface area contributed by atoms with Gasteiger partial charge < -0.3 is 0 Å². The molecule has 38 heavy (non-hydrogen) atoms. The molecule has 0 bridgehead atoms. The summed E-state index contributed by atoms with van der Waals surface area (Å²) in [4.78, 5) is 0. The molecular weight excluding hydrogens is 456 g/mol. The molecule has 0 spiro atoms. The standard InChI is InChI=1S/C38H77/c1-4-7-9-11-13-15-17-19-20-21-22-23-24-26-28-30-32-34-37-38(35-6-3)36-33-31-29-27-25-18-16-14-12-10-8-5-2/h38H,3-37H2,1-2H3. The van der Waals surface area contributed by atoms with Crippen LogP contribution in [0.15, 0.2) is 0 Å². The molecule has 0 aromatic heterocycles. The Morgan fingerprint density at radius 3 is 0.711 bits per heavy atom. The Hall–Kier alpha value is 0. The fourth-order valence-electron chi connectivity index (χ4n) is 6.33. The minimum absolute atomic E-state index is 0.969. The van der Waals surface area contributed by atoms with Crippen molar-refractivity contribution < 1.29 is 0 Å². The summed E-state index contributed by atoms with van der Waals surface area (Å²) in [6, 6.07) is 0. The van der Waals surface area contributed by atoms with Crippen molar-refractivity contribution in [2.75, 3.05) is 0 Å². The molecule has 0 aliphatic carbocycles. The van der Waals surface area contributed by atoms with Gasteiger partial charge in [-0.25, -0.2) is 0 Å². The van der Waals surface area contributed by atoms with Crippen LogP contribution in [0.3, 0.4) is 0 Å². The van der Waals surface area contributed by atoms with Gasteiger partial charge in [-0.15, -0.1) is 0 Å². The minimum Gasteiger partial charge on any atom is -0.0654 e. The second kappa shape index (κ2) is 35.0. The van der Waals surface area contributed by atoms with Crippen molar-refractivity contribution in [3.63, 3.8) is 0 Å². The first-order valence-electron chi connectivity index (χ1n) is 18.6. The lowest BCUT2D eigenvalue weighted by Crippen LogP contribution is -2.00. The molecule has 0 fully saturated rings. The van der Waals surface area contributed by atoms with E-state index in [9.17, 15) is 0 Å². The Morgan fingerprint density at radius 2 is 0.500 bits per heavy atom. The molecule has 0 rings (SSSR count). The van der Waals surface area contributed by atoms with Crippen LogP contribution in [0.25, 0.3) is 0 Å². The zero-order chi connectivity index (χ0) is 27.6. The maximum atomic E-state index is 4.17. The fourth-order valence-corrected chi connectivity index (χ4v) is 6.33. The van der Waals surface area contributed by atoms with Crippen LogP contribution in [-0.2, 0) is 0 Å². The van der Waals surface area contributed by atoms with E-state index in [0.717, 1.165) is 12.3 Å². The molecule has 0 aliphatic rings. The summed E-state index contributed by atoms with van der Waals surface area (Å²) in [5, 5.41) is 0. The maximum absolute atomic E-state index is 4.17. The summed E-state index contributed by atoms with van der Waals surface area (Å²) in [6.45, 7) is 8.78. The van der Waals surface area contributed by atoms with Crippen LogP contribution < -0.4 is 0 Å². The van der Waals surface area contributed by atoms with E-state index in [2.05, 4.69) is 20.8 Å². The third kappa shape index (κ3) is 32.2. The molecule has 0 heterocycles. The van der Waals surface area contributed by atoms with Crippen molar-refractivity contribution in [1.82, 2.24) is 0 Å². The lowest BCUT2D eigenvalue weighted by molar-refractivity contribution is 0.381. The Labute approximate surface area is 244 Å². The molecule has 0 saturated heterocycles. The van der Waals surface area contributed by atoms with E-state index in [1.807, 2.05) is 0 Å². The van der Waals surface area contributed by atoms with Gasteiger partial charge in [-0.2, -0.15) is 0 Å². The monoisotopic (exact) mass is 534 g/mol. The Bertz CT molecular complexity index is 385. The Morgan fingerprint density at radius 1 is 0.289 bits per heavy atom. The largest absolute Gasteiger partial charge is 0.0654 e. The molecule has 0 saturated carbocycles. The molecule has 0 heteroatoms. The van der Waals surface area contributed by atoms with E-state index in [1.165, 1.54) is 212 Å². The van der Waals surface area contributed by atoms with Crippen molar-refractivity contribution in [1.29, 1.82) is 0 Å². The smallest absolute Gasteiger partial charge is 0.0414 e. The van der Waals surface area contributed by atoms with Gasteiger partial charge in [-0.1, -0.05) is 239 Å². The zero-order valence-electron chi connectivity index (χ0n) is 27.3. The normalized spacial score (nSPS) is 12.4. The highest BCUT2D eigenvalue weighted by molar-refractivity contribution is 4.62. The molecule has 0 N–H and O–H groups in total. The van der Waals surface area contributed by atoms with Crippen LogP contribution in [0.5, 0.6) is 0 Å². The lowest BCUT2D eigenvalue weighted by Gasteiger charge is -2.16. The van der Waals surface area contributed by atoms with Gasteiger partial charge in [0.15, 0.2) is 0 Å². The number of rotatable bonds is 34. The van der Waals surface area contributed by atoms with Crippen molar-refractivity contribution in [3.05, 3.63) is 6.92 Å². The summed E-state index contributed by atoms with van der Waals surface area (Å²) >= 11 is 0. The quantitative estimate of drug-likeness (QED) is 0.0721. The van der Waals surface area contributed by atoms with Gasteiger partial charge in [0.05, 0.1) is 0 Å². The molecule has 1 atom stereocenters. The molecule has 0 aromatic carbocycles. The van der Waals surface area contributed by atoms with Gasteiger partial charge in [-0.05, 0) is 5.92 Å². The lowest BCUT2D eigenvalue weighted by atomic mass is 9.90. The summed E-state index contributed by atoms with van der Waals surface area (Å²) in [5.74, 6) is 0.969. The minimum atomic E-state index is 0.969. The highest BCUT2D eigenvalue weighted by Gasteiger charge is 2.07. The SMILES string of the molecule is [CH2]CCC(CCCCCCCCCCCCCC)CCCCCCCCCCCCCCCCCCCC. The third-order valence-electron chi connectivity index (χ3n) is 9.04. The Balaban J connectivity index is 3.34. The Kier molecular flexibility index (Phi) is 35.0. The molecular formula is C38H77. The third-order valence-corrected chi connectivity index (χ3v) is 9.04. The van der Waals surface area contributed by atoms with Gasteiger partial charge >= 0.3 is 0 Å².